The summed E-state index contributed by atoms with van der Waals surface area (Å²) in [6, 6.07) is 11.6. The molecule has 0 aliphatic carbocycles. The highest BCUT2D eigenvalue weighted by molar-refractivity contribution is 6.01. The molecule has 0 spiro atoms. The summed E-state index contributed by atoms with van der Waals surface area (Å²) in [6.07, 6.45) is 7.07. The van der Waals surface area contributed by atoms with Crippen LogP contribution in [0, 0.1) is 0 Å². The minimum absolute atomic E-state index is 0.140. The van der Waals surface area contributed by atoms with Crippen molar-refractivity contribution in [3.05, 3.63) is 70.3 Å². The standard InChI is InChI=1S/C38H45N7O7/c1-43-21-29(28-20-39-42-35(28)37(43)48)25-18-32(50-2)30(33(19-25)51-3)22-44-14-12-27(13-15-44)52-38(49)45-16-10-24(11-17-45)23-4-6-26(7-5-23)40-31-8-9-34(46)41-36(31)47/h4-7,18-21,24,27,31,40H,8-17,22H2,1-3H3,(H,39,42)(H,41,46,47). The van der Waals surface area contributed by atoms with Gasteiger partial charge in [-0.1, -0.05) is 12.1 Å². The molecule has 14 nitrogen and oxygen atoms in total. The summed E-state index contributed by atoms with van der Waals surface area (Å²) in [6.45, 7) is 3.42. The Hall–Kier alpha value is -5.37. The topological polar surface area (TPSA) is 160 Å². The van der Waals surface area contributed by atoms with Gasteiger partial charge in [0, 0.05) is 69.0 Å². The van der Waals surface area contributed by atoms with Gasteiger partial charge in [0.25, 0.3) is 5.56 Å². The number of aryl methyl sites for hydroxylation is 1. The Labute approximate surface area is 301 Å². The molecule has 2 aromatic heterocycles. The first-order valence-corrected chi connectivity index (χ1v) is 17.9. The zero-order valence-electron chi connectivity index (χ0n) is 29.8. The number of ether oxygens (including phenoxy) is 3. The zero-order valence-corrected chi connectivity index (χ0v) is 29.8. The van der Waals surface area contributed by atoms with Crippen molar-refractivity contribution < 1.29 is 28.6 Å². The van der Waals surface area contributed by atoms with Crippen LogP contribution in [0.15, 0.2) is 53.6 Å². The van der Waals surface area contributed by atoms with E-state index in [0.717, 1.165) is 66.5 Å². The van der Waals surface area contributed by atoms with E-state index in [9.17, 15) is 19.2 Å². The molecule has 7 rings (SSSR count). The van der Waals surface area contributed by atoms with Gasteiger partial charge >= 0.3 is 6.09 Å². The first kappa shape index (κ1) is 35.1. The van der Waals surface area contributed by atoms with Crippen molar-refractivity contribution in [3.8, 4) is 22.6 Å². The zero-order chi connectivity index (χ0) is 36.4. The Morgan fingerprint density at radius 2 is 1.63 bits per heavy atom. The number of carbonyl (C=O) groups excluding carboxylic acids is 3. The number of hydrogen-bond acceptors (Lipinski definition) is 10. The largest absolute Gasteiger partial charge is 0.496 e. The number of imide groups is 1. The van der Waals surface area contributed by atoms with Crippen molar-refractivity contribution in [3.63, 3.8) is 0 Å². The maximum absolute atomic E-state index is 13.2. The Morgan fingerprint density at radius 1 is 0.942 bits per heavy atom. The van der Waals surface area contributed by atoms with Crippen LogP contribution in [-0.2, 0) is 27.9 Å². The van der Waals surface area contributed by atoms with Gasteiger partial charge in [-0.05, 0) is 73.4 Å². The van der Waals surface area contributed by atoms with Gasteiger partial charge in [-0.25, -0.2) is 4.79 Å². The van der Waals surface area contributed by atoms with Gasteiger partial charge in [0.1, 0.15) is 29.2 Å². The summed E-state index contributed by atoms with van der Waals surface area (Å²) >= 11 is 0. The maximum Gasteiger partial charge on any atom is 0.410 e. The van der Waals surface area contributed by atoms with Gasteiger partial charge < -0.3 is 29.0 Å². The molecule has 5 heterocycles. The highest BCUT2D eigenvalue weighted by atomic mass is 16.6. The number of rotatable bonds is 9. The number of amides is 3. The van der Waals surface area contributed by atoms with Crippen molar-refractivity contribution in [2.24, 2.45) is 7.05 Å². The predicted molar refractivity (Wildman–Crippen MR) is 194 cm³/mol. The van der Waals surface area contributed by atoms with Crippen molar-refractivity contribution >= 4 is 34.5 Å². The van der Waals surface area contributed by atoms with Gasteiger partial charge in [-0.3, -0.25) is 29.7 Å². The van der Waals surface area contributed by atoms with Gasteiger partial charge in [-0.15, -0.1) is 0 Å². The first-order chi connectivity index (χ1) is 25.2. The number of methoxy groups -OCH3 is 2. The summed E-state index contributed by atoms with van der Waals surface area (Å²) in [5.41, 5.74) is 4.98. The van der Waals surface area contributed by atoms with Gasteiger partial charge in [0.05, 0.1) is 26.0 Å². The number of carbonyl (C=O) groups is 3. The van der Waals surface area contributed by atoms with Crippen LogP contribution in [-0.4, -0.2) is 95.0 Å². The minimum atomic E-state index is -0.412. The van der Waals surface area contributed by atoms with E-state index in [0.29, 0.717) is 55.4 Å². The van der Waals surface area contributed by atoms with Crippen molar-refractivity contribution in [2.45, 2.75) is 63.1 Å². The summed E-state index contributed by atoms with van der Waals surface area (Å²) < 4.78 is 19.2. The Morgan fingerprint density at radius 3 is 2.29 bits per heavy atom. The molecular weight excluding hydrogens is 666 g/mol. The second kappa shape index (κ2) is 15.1. The van der Waals surface area contributed by atoms with E-state index in [-0.39, 0.29) is 29.6 Å². The van der Waals surface area contributed by atoms with E-state index in [4.69, 9.17) is 14.2 Å². The van der Waals surface area contributed by atoms with E-state index in [1.807, 2.05) is 29.2 Å². The second-order valence-electron chi connectivity index (χ2n) is 13.9. The second-order valence-corrected chi connectivity index (χ2v) is 13.9. The van der Waals surface area contributed by atoms with Crippen LogP contribution in [0.3, 0.4) is 0 Å². The third-order valence-corrected chi connectivity index (χ3v) is 10.6. The minimum Gasteiger partial charge on any atom is -0.496 e. The monoisotopic (exact) mass is 711 g/mol. The van der Waals surface area contributed by atoms with E-state index in [1.54, 1.807) is 33.7 Å². The molecule has 1 atom stereocenters. The number of benzene rings is 2. The van der Waals surface area contributed by atoms with Crippen LogP contribution < -0.4 is 25.7 Å². The van der Waals surface area contributed by atoms with Crippen LogP contribution in [0.4, 0.5) is 10.5 Å². The summed E-state index contributed by atoms with van der Waals surface area (Å²) in [7, 11) is 5.00. The molecule has 3 fully saturated rings. The quantitative estimate of drug-likeness (QED) is 0.215. The Balaban J connectivity index is 0.899. The van der Waals surface area contributed by atoms with Gasteiger partial charge in [0.2, 0.25) is 11.8 Å². The highest BCUT2D eigenvalue weighted by Gasteiger charge is 2.30. The summed E-state index contributed by atoms with van der Waals surface area (Å²) in [4.78, 5) is 53.4. The number of H-pyrrole nitrogens is 1. The molecular formula is C38H45N7O7. The lowest BCUT2D eigenvalue weighted by molar-refractivity contribution is -0.133. The van der Waals surface area contributed by atoms with Crippen molar-refractivity contribution in [1.29, 1.82) is 0 Å². The molecule has 1 unspecified atom stereocenters. The number of aromatic nitrogens is 3. The Bertz CT molecular complexity index is 1980. The fourth-order valence-electron chi connectivity index (χ4n) is 7.58. The number of nitrogens with zero attached hydrogens (tertiary/aromatic N) is 4. The molecule has 0 saturated carbocycles. The third kappa shape index (κ3) is 7.33. The van der Waals surface area contributed by atoms with Crippen LogP contribution in [0.1, 0.15) is 55.6 Å². The van der Waals surface area contributed by atoms with Crippen LogP contribution >= 0.6 is 0 Å². The van der Waals surface area contributed by atoms with Crippen molar-refractivity contribution in [2.75, 3.05) is 45.7 Å². The lowest BCUT2D eigenvalue weighted by atomic mass is 9.89. The van der Waals surface area contributed by atoms with Crippen LogP contribution in [0.5, 0.6) is 11.5 Å². The maximum atomic E-state index is 13.2. The van der Waals surface area contributed by atoms with Gasteiger partial charge in [-0.2, -0.15) is 5.10 Å². The molecule has 14 heteroatoms. The number of aromatic amines is 1. The molecule has 0 bridgehead atoms. The third-order valence-electron chi connectivity index (χ3n) is 10.6. The summed E-state index contributed by atoms with van der Waals surface area (Å²) in [5.74, 6) is 1.21. The number of hydrogen-bond donors (Lipinski definition) is 3. The molecule has 0 radical (unpaired) electrons. The molecule has 3 aliphatic rings. The molecule has 52 heavy (non-hydrogen) atoms. The number of likely N-dealkylation sites (tertiary alicyclic amines) is 2. The highest BCUT2D eigenvalue weighted by Crippen LogP contribution is 2.38. The average molecular weight is 712 g/mol. The number of anilines is 1. The molecule has 3 saturated heterocycles. The van der Waals surface area contributed by atoms with E-state index in [2.05, 4.69) is 37.9 Å². The molecule has 3 amide bonds. The number of pyridine rings is 1. The molecule has 274 valence electrons. The fourth-order valence-corrected chi connectivity index (χ4v) is 7.58. The average Bonchev–Trinajstić information content (AvgIpc) is 3.66. The first-order valence-electron chi connectivity index (χ1n) is 17.9. The van der Waals surface area contributed by atoms with E-state index in [1.165, 1.54) is 10.1 Å². The Kier molecular flexibility index (Phi) is 10.2. The van der Waals surface area contributed by atoms with Crippen molar-refractivity contribution in [1.82, 2.24) is 29.9 Å². The smallest absolute Gasteiger partial charge is 0.410 e. The lowest BCUT2D eigenvalue weighted by Gasteiger charge is -2.35. The predicted octanol–water partition coefficient (Wildman–Crippen LogP) is 4.14. The molecule has 4 aromatic rings. The summed E-state index contributed by atoms with van der Waals surface area (Å²) in [5, 5.41) is 13.2. The molecule has 3 N–H and O–H groups in total. The van der Waals surface area contributed by atoms with E-state index < -0.39 is 6.04 Å². The lowest BCUT2D eigenvalue weighted by Crippen LogP contribution is -2.47. The van der Waals surface area contributed by atoms with E-state index >= 15 is 0 Å². The number of nitrogens with one attached hydrogen (secondary N) is 3. The number of fused-ring (bicyclic) bond motifs is 1. The molecule has 2 aromatic carbocycles. The normalized spacial score (nSPS) is 19.1. The fraction of sp³-hybridized carbons (Fsp3) is 0.447. The van der Waals surface area contributed by atoms with Gasteiger partial charge in [0.15, 0.2) is 0 Å². The SMILES string of the molecule is COc1cc(-c2cn(C)c(=O)c3[nH]ncc23)cc(OC)c1CN1CCC(OC(=O)N2CCC(c3ccc(NC4CCC(=O)NC4=O)cc3)CC2)CC1. The molecule has 3 aliphatic heterocycles. The number of piperidine rings is 3. The van der Waals surface area contributed by atoms with Crippen LogP contribution in [0.2, 0.25) is 0 Å². The van der Waals surface area contributed by atoms with Crippen LogP contribution in [0.25, 0.3) is 22.0 Å².